The molecular weight excluding hydrogens is 387 g/mol. The molecule has 28 heavy (non-hydrogen) atoms. The van der Waals surface area contributed by atoms with E-state index >= 15 is 0 Å². The van der Waals surface area contributed by atoms with E-state index in [1.165, 1.54) is 0 Å². The number of benzene rings is 1. The summed E-state index contributed by atoms with van der Waals surface area (Å²) in [5.41, 5.74) is 0.241. The summed E-state index contributed by atoms with van der Waals surface area (Å²) in [6, 6.07) is 6.60. The molecule has 1 fully saturated rings. The van der Waals surface area contributed by atoms with Gasteiger partial charge in [0.05, 0.1) is 38.7 Å². The highest BCUT2D eigenvalue weighted by molar-refractivity contribution is 7.43. The summed E-state index contributed by atoms with van der Waals surface area (Å²) in [7, 11) is -5.09. The number of phosphoric ester groups is 1. The van der Waals surface area contributed by atoms with Crippen molar-refractivity contribution in [3.8, 4) is 11.8 Å². The maximum atomic E-state index is 12.5. The summed E-state index contributed by atoms with van der Waals surface area (Å²) in [5.74, 6) is 0.540. The molecule has 1 aromatic rings. The van der Waals surface area contributed by atoms with E-state index in [0.717, 1.165) is 6.42 Å². The molecule has 2 aliphatic heterocycles. The first-order valence-corrected chi connectivity index (χ1v) is 10.4. The fraction of sp³-hybridized carbons (Fsp3) is 0.556. The van der Waals surface area contributed by atoms with E-state index in [1.54, 1.807) is 36.9 Å². The second-order valence-corrected chi connectivity index (χ2v) is 8.43. The number of nitriles is 1. The Morgan fingerprint density at radius 1 is 1.39 bits per heavy atom. The smallest absolute Gasteiger partial charge is 0.223 e. The van der Waals surface area contributed by atoms with Crippen LogP contribution in [0, 0.1) is 11.3 Å². The van der Waals surface area contributed by atoms with Gasteiger partial charge in [-0.2, -0.15) is 5.26 Å². The van der Waals surface area contributed by atoms with Crippen molar-refractivity contribution in [2.45, 2.75) is 44.4 Å². The topological polar surface area (TPSA) is 135 Å². The Bertz CT molecular complexity index is 845. The normalized spacial score (nSPS) is 23.8. The molecule has 0 radical (unpaired) electrons. The number of fused-ring (bicyclic) bond motifs is 1. The Kier molecular flexibility index (Phi) is 5.80. The van der Waals surface area contributed by atoms with Gasteiger partial charge < -0.3 is 33.2 Å². The lowest BCUT2D eigenvalue weighted by molar-refractivity contribution is -0.342. The summed E-state index contributed by atoms with van der Waals surface area (Å²) < 4.78 is 26.8. The van der Waals surface area contributed by atoms with Gasteiger partial charge in [0.25, 0.3) is 0 Å². The molecule has 0 spiro atoms. The van der Waals surface area contributed by atoms with Crippen LogP contribution in [0.25, 0.3) is 0 Å². The highest BCUT2D eigenvalue weighted by atomic mass is 31.2. The molecule has 3 rings (SSSR count). The van der Waals surface area contributed by atoms with Crippen molar-refractivity contribution >= 4 is 13.7 Å². The quantitative estimate of drug-likeness (QED) is 0.494. The minimum atomic E-state index is -5.09. The molecule has 0 unspecified atom stereocenters. The van der Waals surface area contributed by atoms with Crippen LogP contribution in [-0.4, -0.2) is 42.3 Å². The van der Waals surface area contributed by atoms with Gasteiger partial charge in [-0.15, -0.1) is 0 Å². The standard InChI is InChI=1S/C18H23N2O7P/c1-18(2)17(25-8-9-26-28(22,23)24)16(20-7-3-4-15(20)21)13-10-12(11-19)5-6-14(13)27-18/h5-6,10,16-17H,3-4,7-9H2,1-2H3,(H2,22,23,24)/p-2/t16-,17-/m0/s1. The zero-order valence-corrected chi connectivity index (χ0v) is 16.5. The van der Waals surface area contributed by atoms with Gasteiger partial charge in [-0.05, 0) is 38.5 Å². The van der Waals surface area contributed by atoms with Crippen LogP contribution in [0.4, 0.5) is 0 Å². The lowest BCUT2D eigenvalue weighted by Crippen LogP contribution is -2.55. The van der Waals surface area contributed by atoms with Crippen LogP contribution in [-0.2, 0) is 18.6 Å². The summed E-state index contributed by atoms with van der Waals surface area (Å²) in [4.78, 5) is 35.5. The third-order valence-corrected chi connectivity index (χ3v) is 5.38. The van der Waals surface area contributed by atoms with Gasteiger partial charge in [0.15, 0.2) is 0 Å². The van der Waals surface area contributed by atoms with Crippen LogP contribution in [0.15, 0.2) is 18.2 Å². The van der Waals surface area contributed by atoms with Crippen LogP contribution >= 0.6 is 7.82 Å². The van der Waals surface area contributed by atoms with Gasteiger partial charge in [-0.3, -0.25) is 4.79 Å². The molecular formula is C18H21N2O7P-2. The number of amides is 1. The van der Waals surface area contributed by atoms with E-state index in [9.17, 15) is 24.4 Å². The Balaban J connectivity index is 1.93. The van der Waals surface area contributed by atoms with Crippen molar-refractivity contribution in [3.05, 3.63) is 29.3 Å². The van der Waals surface area contributed by atoms with Crippen molar-refractivity contribution < 1.29 is 33.1 Å². The molecule has 152 valence electrons. The summed E-state index contributed by atoms with van der Waals surface area (Å²) in [5, 5.41) is 9.26. The molecule has 1 aromatic carbocycles. The first-order chi connectivity index (χ1) is 13.1. The van der Waals surface area contributed by atoms with Gasteiger partial charge in [0.1, 0.15) is 17.5 Å². The van der Waals surface area contributed by atoms with E-state index < -0.39 is 32.2 Å². The second kappa shape index (κ2) is 7.82. The number of carbonyl (C=O) groups is 1. The number of carbonyl (C=O) groups excluding carboxylic acids is 1. The predicted molar refractivity (Wildman–Crippen MR) is 92.9 cm³/mol. The number of rotatable bonds is 6. The molecule has 9 nitrogen and oxygen atoms in total. The van der Waals surface area contributed by atoms with Crippen LogP contribution in [0.1, 0.15) is 43.9 Å². The fourth-order valence-electron chi connectivity index (χ4n) is 3.74. The number of phosphoric acid groups is 1. The maximum Gasteiger partial charge on any atom is 0.223 e. The largest absolute Gasteiger partial charge is 0.790 e. The molecule has 1 saturated heterocycles. The molecule has 0 saturated carbocycles. The van der Waals surface area contributed by atoms with Crippen LogP contribution in [0.5, 0.6) is 5.75 Å². The summed E-state index contributed by atoms with van der Waals surface area (Å²) >= 11 is 0. The molecule has 10 heteroatoms. The van der Waals surface area contributed by atoms with Gasteiger partial charge in [0.2, 0.25) is 5.91 Å². The van der Waals surface area contributed by atoms with Crippen LogP contribution in [0.3, 0.4) is 0 Å². The third kappa shape index (κ3) is 4.37. The molecule has 0 N–H and O–H groups in total. The molecule has 2 heterocycles. The third-order valence-electron chi connectivity index (χ3n) is 4.88. The number of hydrogen-bond donors (Lipinski definition) is 0. The molecule has 2 aliphatic rings. The molecule has 2 atom stereocenters. The van der Waals surface area contributed by atoms with Gasteiger partial charge in [-0.25, -0.2) is 0 Å². The van der Waals surface area contributed by atoms with Crippen molar-refractivity contribution in [1.29, 1.82) is 5.26 Å². The number of hydrogen-bond acceptors (Lipinski definition) is 8. The number of ether oxygens (including phenoxy) is 2. The molecule has 0 bridgehead atoms. The van der Waals surface area contributed by atoms with Crippen molar-refractivity contribution in [3.63, 3.8) is 0 Å². The highest BCUT2D eigenvalue weighted by Crippen LogP contribution is 2.45. The van der Waals surface area contributed by atoms with E-state index in [1.807, 2.05) is 0 Å². The van der Waals surface area contributed by atoms with E-state index in [0.29, 0.717) is 29.8 Å². The van der Waals surface area contributed by atoms with Gasteiger partial charge >= 0.3 is 0 Å². The van der Waals surface area contributed by atoms with Crippen molar-refractivity contribution in [2.75, 3.05) is 19.8 Å². The summed E-state index contributed by atoms with van der Waals surface area (Å²) in [6.45, 7) is 3.56. The number of nitrogens with zero attached hydrogens (tertiary/aromatic N) is 2. The van der Waals surface area contributed by atoms with Crippen LogP contribution in [0.2, 0.25) is 0 Å². The maximum absolute atomic E-state index is 12.5. The van der Waals surface area contributed by atoms with Crippen molar-refractivity contribution in [1.82, 2.24) is 4.90 Å². The Labute approximate surface area is 163 Å². The van der Waals surface area contributed by atoms with Gasteiger partial charge in [-0.1, -0.05) is 0 Å². The monoisotopic (exact) mass is 408 g/mol. The average Bonchev–Trinajstić information content (AvgIpc) is 3.02. The lowest BCUT2D eigenvalue weighted by atomic mass is 9.84. The predicted octanol–water partition coefficient (Wildman–Crippen LogP) is 0.623. The Morgan fingerprint density at radius 2 is 2.14 bits per heavy atom. The van der Waals surface area contributed by atoms with Crippen LogP contribution < -0.4 is 14.5 Å². The first-order valence-electron chi connectivity index (χ1n) is 8.93. The summed E-state index contributed by atoms with van der Waals surface area (Å²) in [6.07, 6.45) is 0.489. The average molecular weight is 408 g/mol. The fourth-order valence-corrected chi connectivity index (χ4v) is 4.04. The number of likely N-dealkylation sites (tertiary alicyclic amines) is 1. The highest BCUT2D eigenvalue weighted by Gasteiger charge is 2.49. The lowest BCUT2D eigenvalue weighted by Gasteiger charge is -2.47. The van der Waals surface area contributed by atoms with E-state index in [-0.39, 0.29) is 12.5 Å². The van der Waals surface area contributed by atoms with Gasteiger partial charge in [0, 0.05) is 18.5 Å². The first kappa shape index (κ1) is 20.8. The van der Waals surface area contributed by atoms with E-state index in [4.69, 9.17) is 9.47 Å². The minimum Gasteiger partial charge on any atom is -0.790 e. The molecule has 1 amide bonds. The second-order valence-electron chi connectivity index (χ2n) is 7.28. The SMILES string of the molecule is CC1(C)Oc2ccc(C#N)cc2[C@H](N2CCCC2=O)[C@@H]1OCCOP(=O)([O-])[O-]. The zero-order chi connectivity index (χ0) is 20.5. The van der Waals surface area contributed by atoms with Crippen molar-refractivity contribution in [2.24, 2.45) is 0 Å². The molecule has 0 aromatic heterocycles. The zero-order valence-electron chi connectivity index (χ0n) is 15.6. The Hall–Kier alpha value is -1.95. The molecule has 0 aliphatic carbocycles. The Morgan fingerprint density at radius 3 is 2.75 bits per heavy atom. The minimum absolute atomic E-state index is 0.0236. The van der Waals surface area contributed by atoms with E-state index in [2.05, 4.69) is 10.6 Å².